The second kappa shape index (κ2) is 7.58. The number of amides is 1. The summed E-state index contributed by atoms with van der Waals surface area (Å²) in [7, 11) is 0. The van der Waals surface area contributed by atoms with Crippen LogP contribution in [-0.2, 0) is 16.1 Å². The Morgan fingerprint density at radius 3 is 2.38 bits per heavy atom. The van der Waals surface area contributed by atoms with Crippen molar-refractivity contribution in [1.29, 1.82) is 0 Å². The lowest BCUT2D eigenvalue weighted by Gasteiger charge is -2.37. The van der Waals surface area contributed by atoms with E-state index in [1.54, 1.807) is 17.2 Å². The molecule has 3 heterocycles. The van der Waals surface area contributed by atoms with E-state index in [9.17, 15) is 9.90 Å². The van der Waals surface area contributed by atoms with Gasteiger partial charge in [-0.1, -0.05) is 0 Å². The number of hydrogen-bond donors (Lipinski definition) is 1. The third-order valence-corrected chi connectivity index (χ3v) is 4.94. The van der Waals surface area contributed by atoms with E-state index in [-0.39, 0.29) is 37.2 Å². The molecule has 2 saturated heterocycles. The SMILES string of the molecule is C[C@@H]1CN(C[C@@H]2CN(C(=O)Cn3cnnc3)C[C@@H]2CO)C[C@H](C)O1. The Morgan fingerprint density at radius 1 is 1.12 bits per heavy atom. The standard InChI is InChI=1S/C16H27N5O3/c1-12-3-19(4-13(2)24-12)5-14-6-21(7-15(14)9-22)16(23)8-20-10-17-18-11-20/h10-15,22H,3-9H2,1-2H3/t12-,13+,14-,15-/m1/s1. The first-order valence-corrected chi connectivity index (χ1v) is 8.64. The van der Waals surface area contributed by atoms with Crippen molar-refractivity contribution in [2.24, 2.45) is 11.8 Å². The van der Waals surface area contributed by atoms with Gasteiger partial charge in [-0.05, 0) is 19.8 Å². The van der Waals surface area contributed by atoms with E-state index in [1.165, 1.54) is 0 Å². The van der Waals surface area contributed by atoms with Crippen molar-refractivity contribution in [1.82, 2.24) is 24.6 Å². The summed E-state index contributed by atoms with van der Waals surface area (Å²) in [6.45, 7) is 8.61. The monoisotopic (exact) mass is 337 g/mol. The number of ether oxygens (including phenoxy) is 1. The molecule has 8 heteroatoms. The number of aliphatic hydroxyl groups is 1. The predicted molar refractivity (Wildman–Crippen MR) is 87.1 cm³/mol. The molecule has 2 aliphatic rings. The van der Waals surface area contributed by atoms with Crippen LogP contribution in [-0.4, -0.2) is 87.1 Å². The Hall–Kier alpha value is -1.51. The van der Waals surface area contributed by atoms with Crippen molar-refractivity contribution >= 4 is 5.91 Å². The van der Waals surface area contributed by atoms with Gasteiger partial charge in [0, 0.05) is 45.2 Å². The highest BCUT2D eigenvalue weighted by Gasteiger charge is 2.36. The Labute approximate surface area is 142 Å². The van der Waals surface area contributed by atoms with Crippen LogP contribution < -0.4 is 0 Å². The lowest BCUT2D eigenvalue weighted by molar-refractivity contribution is -0.131. The zero-order chi connectivity index (χ0) is 17.1. The summed E-state index contributed by atoms with van der Waals surface area (Å²) >= 11 is 0. The van der Waals surface area contributed by atoms with Gasteiger partial charge in [0.05, 0.1) is 12.2 Å². The highest BCUT2D eigenvalue weighted by atomic mass is 16.5. The second-order valence-electron chi connectivity index (χ2n) is 7.11. The maximum Gasteiger partial charge on any atom is 0.242 e. The third-order valence-electron chi connectivity index (χ3n) is 4.94. The fraction of sp³-hybridized carbons (Fsp3) is 0.812. The summed E-state index contributed by atoms with van der Waals surface area (Å²) in [5.74, 6) is 0.500. The van der Waals surface area contributed by atoms with Gasteiger partial charge in [-0.15, -0.1) is 10.2 Å². The smallest absolute Gasteiger partial charge is 0.242 e. The predicted octanol–water partition coefficient (Wildman–Crippen LogP) is -0.546. The lowest BCUT2D eigenvalue weighted by Crippen LogP contribution is -2.48. The number of hydrogen-bond acceptors (Lipinski definition) is 6. The highest BCUT2D eigenvalue weighted by molar-refractivity contribution is 5.76. The van der Waals surface area contributed by atoms with Crippen molar-refractivity contribution in [2.45, 2.75) is 32.6 Å². The first kappa shape index (κ1) is 17.3. The second-order valence-corrected chi connectivity index (χ2v) is 7.11. The molecule has 0 saturated carbocycles. The van der Waals surface area contributed by atoms with Gasteiger partial charge in [0.1, 0.15) is 19.2 Å². The van der Waals surface area contributed by atoms with Crippen LogP contribution in [0.25, 0.3) is 0 Å². The van der Waals surface area contributed by atoms with Crippen LogP contribution in [0.15, 0.2) is 12.7 Å². The molecule has 0 radical (unpaired) electrons. The molecule has 1 aromatic heterocycles. The zero-order valence-electron chi connectivity index (χ0n) is 14.4. The molecule has 24 heavy (non-hydrogen) atoms. The summed E-state index contributed by atoms with van der Waals surface area (Å²) in [5, 5.41) is 17.2. The van der Waals surface area contributed by atoms with E-state index < -0.39 is 0 Å². The number of aliphatic hydroxyl groups excluding tert-OH is 1. The summed E-state index contributed by atoms with van der Waals surface area (Å²) in [5.41, 5.74) is 0. The van der Waals surface area contributed by atoms with Crippen LogP contribution in [0.1, 0.15) is 13.8 Å². The van der Waals surface area contributed by atoms with Crippen LogP contribution >= 0.6 is 0 Å². The van der Waals surface area contributed by atoms with Gasteiger partial charge in [0.25, 0.3) is 0 Å². The molecule has 0 aromatic carbocycles. The van der Waals surface area contributed by atoms with Crippen molar-refractivity contribution < 1.29 is 14.6 Å². The molecule has 3 rings (SSSR count). The maximum absolute atomic E-state index is 12.5. The van der Waals surface area contributed by atoms with E-state index in [0.29, 0.717) is 19.0 Å². The third kappa shape index (κ3) is 4.12. The number of morpholine rings is 1. The molecule has 1 N–H and O–H groups in total. The Balaban J connectivity index is 1.56. The molecular weight excluding hydrogens is 310 g/mol. The molecule has 2 fully saturated rings. The van der Waals surface area contributed by atoms with Crippen LogP contribution in [0.4, 0.5) is 0 Å². The van der Waals surface area contributed by atoms with Gasteiger partial charge in [-0.3, -0.25) is 9.69 Å². The minimum atomic E-state index is 0.0551. The molecule has 8 nitrogen and oxygen atoms in total. The number of rotatable bonds is 5. The number of aromatic nitrogens is 3. The first-order valence-electron chi connectivity index (χ1n) is 8.64. The number of nitrogens with zero attached hydrogens (tertiary/aromatic N) is 5. The number of carbonyl (C=O) groups excluding carboxylic acids is 1. The Kier molecular flexibility index (Phi) is 5.47. The summed E-state index contributed by atoms with van der Waals surface area (Å²) in [6.07, 6.45) is 3.56. The molecule has 0 bridgehead atoms. The first-order chi connectivity index (χ1) is 11.5. The van der Waals surface area contributed by atoms with Crippen LogP contribution in [0, 0.1) is 11.8 Å². The summed E-state index contributed by atoms with van der Waals surface area (Å²) in [4.78, 5) is 16.7. The molecule has 0 spiro atoms. The number of carbonyl (C=O) groups is 1. The molecule has 4 atom stereocenters. The van der Waals surface area contributed by atoms with Crippen LogP contribution in [0.2, 0.25) is 0 Å². The molecular formula is C16H27N5O3. The molecule has 0 aliphatic carbocycles. The minimum absolute atomic E-state index is 0.0551. The lowest BCUT2D eigenvalue weighted by atomic mass is 9.96. The van der Waals surface area contributed by atoms with Crippen molar-refractivity contribution in [3.8, 4) is 0 Å². The van der Waals surface area contributed by atoms with Gasteiger partial charge in [0.2, 0.25) is 5.91 Å². The maximum atomic E-state index is 12.5. The molecule has 134 valence electrons. The molecule has 0 unspecified atom stereocenters. The van der Waals surface area contributed by atoms with E-state index in [0.717, 1.165) is 19.6 Å². The fourth-order valence-electron chi connectivity index (χ4n) is 3.88. The van der Waals surface area contributed by atoms with Crippen LogP contribution in [0.3, 0.4) is 0 Å². The van der Waals surface area contributed by atoms with Crippen molar-refractivity contribution in [3.63, 3.8) is 0 Å². The van der Waals surface area contributed by atoms with E-state index in [2.05, 4.69) is 28.9 Å². The van der Waals surface area contributed by atoms with Gasteiger partial charge in [-0.2, -0.15) is 0 Å². The zero-order valence-corrected chi connectivity index (χ0v) is 14.4. The average molecular weight is 337 g/mol. The highest BCUT2D eigenvalue weighted by Crippen LogP contribution is 2.25. The average Bonchev–Trinajstić information content (AvgIpc) is 3.15. The van der Waals surface area contributed by atoms with Gasteiger partial charge < -0.3 is 19.3 Å². The summed E-state index contributed by atoms with van der Waals surface area (Å²) < 4.78 is 7.46. The Morgan fingerprint density at radius 2 is 1.75 bits per heavy atom. The molecule has 1 aromatic rings. The van der Waals surface area contributed by atoms with Crippen LogP contribution in [0.5, 0.6) is 0 Å². The number of likely N-dealkylation sites (tertiary alicyclic amines) is 1. The molecule has 1 amide bonds. The van der Waals surface area contributed by atoms with E-state index >= 15 is 0 Å². The van der Waals surface area contributed by atoms with Gasteiger partial charge in [0.15, 0.2) is 0 Å². The Bertz CT molecular complexity index is 528. The van der Waals surface area contributed by atoms with Gasteiger partial charge >= 0.3 is 0 Å². The largest absolute Gasteiger partial charge is 0.396 e. The quantitative estimate of drug-likeness (QED) is 0.776. The topological polar surface area (TPSA) is 83.7 Å². The van der Waals surface area contributed by atoms with E-state index in [1.807, 2.05) is 4.90 Å². The summed E-state index contributed by atoms with van der Waals surface area (Å²) in [6, 6.07) is 0. The van der Waals surface area contributed by atoms with Gasteiger partial charge in [-0.25, -0.2) is 0 Å². The fourth-order valence-corrected chi connectivity index (χ4v) is 3.88. The van der Waals surface area contributed by atoms with E-state index in [4.69, 9.17) is 4.74 Å². The minimum Gasteiger partial charge on any atom is -0.396 e. The van der Waals surface area contributed by atoms with Crippen molar-refractivity contribution in [3.05, 3.63) is 12.7 Å². The normalized spacial score (nSPS) is 31.5. The molecule has 2 aliphatic heterocycles. The van der Waals surface area contributed by atoms with Crippen molar-refractivity contribution in [2.75, 3.05) is 39.3 Å².